The number of piperidine rings is 1. The molecule has 3 rings (SSSR count). The number of urea groups is 1. The molecule has 0 bridgehead atoms. The molecule has 1 atom stereocenters. The summed E-state index contributed by atoms with van der Waals surface area (Å²) >= 11 is 0. The molecule has 3 fully saturated rings. The Morgan fingerprint density at radius 2 is 1.80 bits per heavy atom. The van der Waals surface area contributed by atoms with Gasteiger partial charge in [0, 0.05) is 12.6 Å². The fourth-order valence-corrected chi connectivity index (χ4v) is 3.85. The van der Waals surface area contributed by atoms with Gasteiger partial charge in [0.05, 0.1) is 12.1 Å². The first-order valence-electron chi connectivity index (χ1n) is 8.33. The largest absolute Gasteiger partial charge is 0.388 e. The van der Waals surface area contributed by atoms with Gasteiger partial charge in [0.2, 0.25) is 0 Å². The van der Waals surface area contributed by atoms with Crippen LogP contribution in [0.2, 0.25) is 0 Å². The van der Waals surface area contributed by atoms with E-state index in [1.54, 1.807) is 0 Å². The third-order valence-corrected chi connectivity index (χ3v) is 5.57. The molecule has 1 aliphatic heterocycles. The van der Waals surface area contributed by atoms with E-state index >= 15 is 0 Å². The van der Waals surface area contributed by atoms with Crippen LogP contribution in [0.3, 0.4) is 0 Å². The van der Waals surface area contributed by atoms with Crippen LogP contribution in [-0.4, -0.2) is 40.8 Å². The Balaban J connectivity index is 1.58. The van der Waals surface area contributed by atoms with Crippen LogP contribution in [0.1, 0.15) is 58.3 Å². The van der Waals surface area contributed by atoms with Gasteiger partial charge in [0.1, 0.15) is 0 Å². The topological polar surface area (TPSA) is 52.6 Å². The van der Waals surface area contributed by atoms with Crippen molar-refractivity contribution in [2.75, 3.05) is 13.1 Å². The van der Waals surface area contributed by atoms with E-state index in [-0.39, 0.29) is 6.03 Å². The second-order valence-electron chi connectivity index (χ2n) is 7.38. The van der Waals surface area contributed by atoms with Crippen LogP contribution in [0.5, 0.6) is 0 Å². The van der Waals surface area contributed by atoms with Crippen molar-refractivity contribution in [3.63, 3.8) is 0 Å². The van der Waals surface area contributed by atoms with Gasteiger partial charge in [-0.1, -0.05) is 12.8 Å². The van der Waals surface area contributed by atoms with Crippen molar-refractivity contribution in [3.8, 4) is 0 Å². The van der Waals surface area contributed by atoms with Gasteiger partial charge < -0.3 is 15.3 Å². The van der Waals surface area contributed by atoms with Crippen LogP contribution in [0, 0.1) is 11.8 Å². The van der Waals surface area contributed by atoms with Crippen molar-refractivity contribution < 1.29 is 9.90 Å². The molecule has 0 spiro atoms. The lowest BCUT2D eigenvalue weighted by molar-refractivity contribution is -0.00431. The maximum absolute atomic E-state index is 12.5. The number of amides is 2. The highest BCUT2D eigenvalue weighted by Crippen LogP contribution is 2.40. The molecule has 3 aliphatic rings. The van der Waals surface area contributed by atoms with Crippen LogP contribution < -0.4 is 5.32 Å². The summed E-state index contributed by atoms with van der Waals surface area (Å²) in [6.07, 6.45) is 9.45. The molecule has 4 heteroatoms. The minimum atomic E-state index is -0.710. The smallest absolute Gasteiger partial charge is 0.317 e. The molecule has 2 aliphatic carbocycles. The number of hydrogen-bond acceptors (Lipinski definition) is 2. The molecule has 1 heterocycles. The van der Waals surface area contributed by atoms with E-state index in [1.165, 1.54) is 38.5 Å². The molecular weight excluding hydrogens is 252 g/mol. The number of nitrogens with zero attached hydrogens (tertiary/aromatic N) is 1. The third-order valence-electron chi connectivity index (χ3n) is 5.57. The Bertz CT molecular complexity index is 347. The minimum Gasteiger partial charge on any atom is -0.388 e. The molecule has 1 unspecified atom stereocenters. The maximum Gasteiger partial charge on any atom is 0.317 e. The van der Waals surface area contributed by atoms with E-state index in [0.29, 0.717) is 24.4 Å². The van der Waals surface area contributed by atoms with E-state index in [1.807, 2.05) is 11.8 Å². The van der Waals surface area contributed by atoms with Gasteiger partial charge in [-0.25, -0.2) is 4.79 Å². The highest BCUT2D eigenvalue weighted by molar-refractivity contribution is 5.74. The highest BCUT2D eigenvalue weighted by atomic mass is 16.3. The highest BCUT2D eigenvalue weighted by Gasteiger charge is 2.39. The van der Waals surface area contributed by atoms with Crippen LogP contribution in [0.4, 0.5) is 4.79 Å². The Kier molecular flexibility index (Phi) is 3.93. The van der Waals surface area contributed by atoms with Crippen molar-refractivity contribution in [1.82, 2.24) is 10.2 Å². The number of carbonyl (C=O) groups excluding carboxylic acids is 1. The van der Waals surface area contributed by atoms with E-state index < -0.39 is 5.60 Å². The van der Waals surface area contributed by atoms with Gasteiger partial charge in [-0.2, -0.15) is 0 Å². The summed E-state index contributed by atoms with van der Waals surface area (Å²) < 4.78 is 0. The van der Waals surface area contributed by atoms with E-state index in [0.717, 1.165) is 19.4 Å². The van der Waals surface area contributed by atoms with Crippen LogP contribution in [0.15, 0.2) is 0 Å². The van der Waals surface area contributed by atoms with Crippen molar-refractivity contribution in [1.29, 1.82) is 0 Å². The monoisotopic (exact) mass is 280 g/mol. The lowest BCUT2D eigenvalue weighted by atomic mass is 9.68. The summed E-state index contributed by atoms with van der Waals surface area (Å²) in [6.45, 7) is 3.09. The molecular formula is C16H28N2O2. The summed E-state index contributed by atoms with van der Waals surface area (Å²) in [5, 5.41) is 13.4. The third kappa shape index (κ3) is 2.95. The number of rotatable bonds is 3. The summed E-state index contributed by atoms with van der Waals surface area (Å²) in [7, 11) is 0. The Morgan fingerprint density at radius 3 is 2.25 bits per heavy atom. The first kappa shape index (κ1) is 14.2. The zero-order valence-electron chi connectivity index (χ0n) is 12.6. The zero-order valence-corrected chi connectivity index (χ0v) is 12.6. The molecule has 0 aromatic carbocycles. The molecule has 20 heavy (non-hydrogen) atoms. The Labute approximate surface area is 121 Å². The molecule has 4 nitrogen and oxygen atoms in total. The van der Waals surface area contributed by atoms with Gasteiger partial charge in [-0.15, -0.1) is 0 Å². The predicted molar refractivity (Wildman–Crippen MR) is 78.4 cm³/mol. The fraction of sp³-hybridized carbons (Fsp3) is 0.938. The van der Waals surface area contributed by atoms with Gasteiger partial charge in [-0.05, 0) is 57.3 Å². The van der Waals surface area contributed by atoms with Crippen molar-refractivity contribution >= 4 is 6.03 Å². The number of aliphatic hydroxyl groups is 1. The second-order valence-corrected chi connectivity index (χ2v) is 7.38. The molecule has 2 amide bonds. The van der Waals surface area contributed by atoms with E-state index in [2.05, 4.69) is 5.32 Å². The van der Waals surface area contributed by atoms with Crippen molar-refractivity contribution in [3.05, 3.63) is 0 Å². The fourth-order valence-electron chi connectivity index (χ4n) is 3.85. The second kappa shape index (κ2) is 5.55. The van der Waals surface area contributed by atoms with E-state index in [9.17, 15) is 9.90 Å². The lowest BCUT2D eigenvalue weighted by Gasteiger charge is -2.44. The molecule has 1 saturated heterocycles. The van der Waals surface area contributed by atoms with Crippen molar-refractivity contribution in [2.24, 2.45) is 11.8 Å². The molecule has 2 saturated carbocycles. The Morgan fingerprint density at radius 1 is 1.20 bits per heavy atom. The molecule has 0 radical (unpaired) electrons. The quantitative estimate of drug-likeness (QED) is 0.834. The van der Waals surface area contributed by atoms with Gasteiger partial charge in [0.15, 0.2) is 0 Å². The number of hydrogen-bond donors (Lipinski definition) is 2. The Hall–Kier alpha value is -0.770. The number of likely N-dealkylation sites (tertiary alicyclic amines) is 1. The van der Waals surface area contributed by atoms with Crippen molar-refractivity contribution in [2.45, 2.75) is 69.9 Å². The average molecular weight is 280 g/mol. The van der Waals surface area contributed by atoms with Gasteiger partial charge >= 0.3 is 6.03 Å². The number of carbonyl (C=O) groups is 1. The SMILES string of the molecule is CC1(O)CCCN(C(=O)NC(C2CCC2)C2CCC2)C1. The average Bonchev–Trinajstić information content (AvgIpc) is 2.22. The first-order chi connectivity index (χ1) is 9.55. The van der Waals surface area contributed by atoms with Crippen LogP contribution >= 0.6 is 0 Å². The van der Waals surface area contributed by atoms with Crippen LogP contribution in [0.25, 0.3) is 0 Å². The predicted octanol–water partition coefficient (Wildman–Crippen LogP) is 2.51. The molecule has 2 N–H and O–H groups in total. The first-order valence-corrected chi connectivity index (χ1v) is 8.33. The molecule has 0 aromatic rings. The van der Waals surface area contributed by atoms with Crippen LogP contribution in [-0.2, 0) is 0 Å². The van der Waals surface area contributed by atoms with E-state index in [4.69, 9.17) is 0 Å². The normalized spacial score (nSPS) is 31.9. The maximum atomic E-state index is 12.5. The standard InChI is InChI=1S/C16H28N2O2/c1-16(20)9-4-10-18(11-16)15(19)17-14(12-5-2-6-12)13-7-3-8-13/h12-14,20H,2-11H2,1H3,(H,17,19). The number of nitrogens with one attached hydrogen (secondary N) is 1. The summed E-state index contributed by atoms with van der Waals surface area (Å²) in [5.74, 6) is 1.41. The number of β-amino-alcohol motifs (C(OH)–C–C–N with tert-alkyl or cyclic N) is 1. The summed E-state index contributed by atoms with van der Waals surface area (Å²) in [4.78, 5) is 14.3. The molecule has 0 aromatic heterocycles. The summed E-state index contributed by atoms with van der Waals surface area (Å²) in [6, 6.07) is 0.436. The van der Waals surface area contributed by atoms with Gasteiger partial charge in [0.25, 0.3) is 0 Å². The summed E-state index contributed by atoms with van der Waals surface area (Å²) in [5.41, 5.74) is -0.710. The van der Waals surface area contributed by atoms with Gasteiger partial charge in [-0.3, -0.25) is 0 Å². The lowest BCUT2D eigenvalue weighted by Crippen LogP contribution is -2.57. The zero-order chi connectivity index (χ0) is 14.2. The molecule has 114 valence electrons. The minimum absolute atomic E-state index is 0.0498.